The molecule has 1 aromatic carbocycles. The summed E-state index contributed by atoms with van der Waals surface area (Å²) in [4.78, 5) is 20.1. The third kappa shape index (κ3) is 3.86. The summed E-state index contributed by atoms with van der Waals surface area (Å²) in [6.45, 7) is 3.96. The van der Waals surface area contributed by atoms with Gasteiger partial charge in [-0.3, -0.25) is 4.90 Å². The first kappa shape index (κ1) is 16.6. The largest absolute Gasteiger partial charge is 0.309 e. The Hall–Kier alpha value is -2.86. The summed E-state index contributed by atoms with van der Waals surface area (Å²) < 4.78 is 0. The topological polar surface area (TPSA) is 66.8 Å². The minimum Gasteiger partial charge on any atom is -0.309 e. The van der Waals surface area contributed by atoms with Gasteiger partial charge in [-0.1, -0.05) is 30.3 Å². The van der Waals surface area contributed by atoms with Crippen LogP contribution in [0.3, 0.4) is 0 Å². The van der Waals surface area contributed by atoms with Crippen LogP contribution in [0.4, 0.5) is 11.8 Å². The van der Waals surface area contributed by atoms with Gasteiger partial charge in [0.25, 0.3) is 0 Å². The summed E-state index contributed by atoms with van der Waals surface area (Å²) in [5.74, 6) is 2.04. The van der Waals surface area contributed by atoms with Gasteiger partial charge in [0.15, 0.2) is 0 Å². The second-order valence-corrected chi connectivity index (χ2v) is 6.54. The quantitative estimate of drug-likeness (QED) is 0.760. The molecule has 3 aromatic rings. The highest BCUT2D eigenvalue weighted by Gasteiger charge is 2.27. The van der Waals surface area contributed by atoms with E-state index in [9.17, 15) is 0 Å². The number of hydrogen-bond donors (Lipinski definition) is 1. The molecule has 1 aliphatic rings. The van der Waals surface area contributed by atoms with Crippen LogP contribution in [0.2, 0.25) is 0 Å². The Morgan fingerprint density at radius 2 is 1.88 bits per heavy atom. The highest BCUT2D eigenvalue weighted by Crippen LogP contribution is 2.33. The lowest BCUT2D eigenvalue weighted by Crippen LogP contribution is -2.24. The maximum absolute atomic E-state index is 4.72. The van der Waals surface area contributed by atoms with E-state index >= 15 is 0 Å². The van der Waals surface area contributed by atoms with E-state index in [1.165, 1.54) is 12.0 Å². The molecule has 0 bridgehead atoms. The Bertz CT molecular complexity index is 853. The number of likely N-dealkylation sites (tertiary alicyclic amines) is 1. The van der Waals surface area contributed by atoms with Crippen LogP contribution in [0.15, 0.2) is 54.9 Å². The smallest absolute Gasteiger partial charge is 0.228 e. The van der Waals surface area contributed by atoms with Crippen molar-refractivity contribution in [2.75, 3.05) is 11.9 Å². The van der Waals surface area contributed by atoms with Gasteiger partial charge in [-0.15, -0.1) is 0 Å². The van der Waals surface area contributed by atoms with Crippen molar-refractivity contribution in [2.24, 2.45) is 0 Å². The Labute approximate surface area is 153 Å². The van der Waals surface area contributed by atoms with E-state index < -0.39 is 0 Å². The molecule has 1 saturated heterocycles. The van der Waals surface area contributed by atoms with Gasteiger partial charge in [0, 0.05) is 25.0 Å². The molecule has 0 spiro atoms. The minimum atomic E-state index is 0.314. The summed E-state index contributed by atoms with van der Waals surface area (Å²) in [5.41, 5.74) is 2.39. The van der Waals surface area contributed by atoms with E-state index in [2.05, 4.69) is 55.5 Å². The molecule has 1 N–H and O–H groups in total. The third-order valence-corrected chi connectivity index (χ3v) is 4.60. The fraction of sp³-hybridized carbons (Fsp3) is 0.300. The fourth-order valence-corrected chi connectivity index (χ4v) is 3.47. The van der Waals surface area contributed by atoms with E-state index in [0.717, 1.165) is 36.8 Å². The summed E-state index contributed by atoms with van der Waals surface area (Å²) >= 11 is 0. The van der Waals surface area contributed by atoms with Crippen LogP contribution in [0.1, 0.15) is 36.0 Å². The highest BCUT2D eigenvalue weighted by molar-refractivity contribution is 5.48. The summed E-state index contributed by atoms with van der Waals surface area (Å²) in [6.07, 6.45) is 5.72. The first-order chi connectivity index (χ1) is 12.8. The van der Waals surface area contributed by atoms with Gasteiger partial charge >= 0.3 is 0 Å². The number of aromatic nitrogens is 4. The second kappa shape index (κ2) is 7.58. The van der Waals surface area contributed by atoms with Gasteiger partial charge < -0.3 is 5.32 Å². The van der Waals surface area contributed by atoms with Crippen molar-refractivity contribution in [3.05, 3.63) is 71.9 Å². The molecule has 0 aliphatic carbocycles. The van der Waals surface area contributed by atoms with Crippen molar-refractivity contribution in [1.82, 2.24) is 24.8 Å². The van der Waals surface area contributed by atoms with E-state index in [-0.39, 0.29) is 0 Å². The van der Waals surface area contributed by atoms with Crippen LogP contribution in [-0.4, -0.2) is 31.4 Å². The highest BCUT2D eigenvalue weighted by atomic mass is 15.2. The molecule has 6 heteroatoms. The third-order valence-electron chi connectivity index (χ3n) is 4.60. The summed E-state index contributed by atoms with van der Waals surface area (Å²) in [7, 11) is 0. The molecule has 2 aromatic heterocycles. The molecule has 26 heavy (non-hydrogen) atoms. The van der Waals surface area contributed by atoms with E-state index in [4.69, 9.17) is 4.98 Å². The predicted molar refractivity (Wildman–Crippen MR) is 101 cm³/mol. The van der Waals surface area contributed by atoms with Crippen molar-refractivity contribution in [2.45, 2.75) is 32.4 Å². The number of anilines is 2. The van der Waals surface area contributed by atoms with Gasteiger partial charge in [0.05, 0.1) is 11.7 Å². The van der Waals surface area contributed by atoms with Crippen molar-refractivity contribution < 1.29 is 0 Å². The van der Waals surface area contributed by atoms with Gasteiger partial charge in [0.1, 0.15) is 11.6 Å². The SMILES string of the molecule is Cc1nc(Nc2ncccn2)cc([C@@H]2CCCN2Cc2ccccc2)n1. The minimum absolute atomic E-state index is 0.314. The zero-order valence-electron chi connectivity index (χ0n) is 14.8. The van der Waals surface area contributed by atoms with Gasteiger partial charge in [0.2, 0.25) is 5.95 Å². The Balaban J connectivity index is 1.56. The van der Waals surface area contributed by atoms with Gasteiger partial charge in [-0.05, 0) is 37.9 Å². The lowest BCUT2D eigenvalue weighted by molar-refractivity contribution is 0.244. The Morgan fingerprint density at radius 1 is 1.08 bits per heavy atom. The number of rotatable bonds is 5. The van der Waals surface area contributed by atoms with Crippen LogP contribution < -0.4 is 5.32 Å². The number of nitrogens with zero attached hydrogens (tertiary/aromatic N) is 5. The molecule has 0 amide bonds. The maximum Gasteiger partial charge on any atom is 0.228 e. The molecular weight excluding hydrogens is 324 g/mol. The van der Waals surface area contributed by atoms with Crippen LogP contribution in [0, 0.1) is 6.92 Å². The molecule has 1 atom stereocenters. The molecule has 6 nitrogen and oxygen atoms in total. The molecular formula is C20H22N6. The number of aryl methyl sites for hydroxylation is 1. The van der Waals surface area contributed by atoms with Crippen molar-refractivity contribution in [3.63, 3.8) is 0 Å². The normalized spacial score (nSPS) is 17.3. The standard InChI is InChI=1S/C20H22N6/c1-15-23-17(13-19(24-15)25-20-21-10-6-11-22-20)18-9-5-12-26(18)14-16-7-3-2-4-8-16/h2-4,6-8,10-11,13,18H,5,9,12,14H2,1H3,(H,21,22,23,24,25)/t18-/m0/s1. The first-order valence-corrected chi connectivity index (χ1v) is 8.95. The molecule has 1 fully saturated rings. The molecule has 3 heterocycles. The number of benzene rings is 1. The van der Waals surface area contributed by atoms with Gasteiger partial charge in [-0.25, -0.2) is 19.9 Å². The molecule has 0 unspecified atom stereocenters. The first-order valence-electron chi connectivity index (χ1n) is 8.95. The molecule has 0 saturated carbocycles. The Morgan fingerprint density at radius 3 is 2.69 bits per heavy atom. The van der Waals surface area contributed by atoms with Crippen LogP contribution in [0.5, 0.6) is 0 Å². The second-order valence-electron chi connectivity index (χ2n) is 6.54. The van der Waals surface area contributed by atoms with Crippen molar-refractivity contribution in [1.29, 1.82) is 0 Å². The van der Waals surface area contributed by atoms with Gasteiger partial charge in [-0.2, -0.15) is 0 Å². The summed E-state index contributed by atoms with van der Waals surface area (Å²) in [6, 6.07) is 14.7. The average Bonchev–Trinajstić information content (AvgIpc) is 3.11. The van der Waals surface area contributed by atoms with Crippen molar-refractivity contribution >= 4 is 11.8 Å². The molecule has 1 aliphatic heterocycles. The number of hydrogen-bond acceptors (Lipinski definition) is 6. The molecule has 0 radical (unpaired) electrons. The maximum atomic E-state index is 4.72. The molecule has 4 rings (SSSR count). The lowest BCUT2D eigenvalue weighted by Gasteiger charge is -2.24. The van der Waals surface area contributed by atoms with E-state index in [1.54, 1.807) is 18.5 Å². The number of nitrogens with one attached hydrogen (secondary N) is 1. The van der Waals surface area contributed by atoms with Crippen LogP contribution in [-0.2, 0) is 6.54 Å². The monoisotopic (exact) mass is 346 g/mol. The average molecular weight is 346 g/mol. The van der Waals surface area contributed by atoms with Crippen LogP contribution in [0.25, 0.3) is 0 Å². The predicted octanol–water partition coefficient (Wildman–Crippen LogP) is 3.66. The zero-order valence-corrected chi connectivity index (χ0v) is 14.8. The lowest BCUT2D eigenvalue weighted by atomic mass is 10.1. The fourth-order valence-electron chi connectivity index (χ4n) is 3.47. The van der Waals surface area contributed by atoms with Crippen LogP contribution >= 0.6 is 0 Å². The van der Waals surface area contributed by atoms with E-state index in [0.29, 0.717) is 12.0 Å². The van der Waals surface area contributed by atoms with Crippen molar-refractivity contribution in [3.8, 4) is 0 Å². The summed E-state index contributed by atoms with van der Waals surface area (Å²) in [5, 5.41) is 3.18. The Kier molecular flexibility index (Phi) is 4.84. The zero-order chi connectivity index (χ0) is 17.8. The molecule has 132 valence electrons. The van der Waals surface area contributed by atoms with E-state index in [1.807, 2.05) is 13.0 Å².